The SMILES string of the molecule is CCOc1cccc(-c2nnc(-c3ccccc3)o2)c1OCC. The molecule has 0 fully saturated rings. The van der Waals surface area contributed by atoms with Crippen molar-refractivity contribution in [3.05, 3.63) is 48.5 Å². The minimum absolute atomic E-state index is 0.411. The number of benzene rings is 2. The summed E-state index contributed by atoms with van der Waals surface area (Å²) in [6, 6.07) is 15.3. The van der Waals surface area contributed by atoms with Crippen LogP contribution in [-0.2, 0) is 0 Å². The van der Waals surface area contributed by atoms with Crippen molar-refractivity contribution in [3.8, 4) is 34.4 Å². The zero-order valence-corrected chi connectivity index (χ0v) is 13.2. The molecule has 1 aromatic heterocycles. The number of para-hydroxylation sites is 1. The Morgan fingerprint density at radius 1 is 0.826 bits per heavy atom. The second kappa shape index (κ2) is 6.96. The van der Waals surface area contributed by atoms with Gasteiger partial charge in [-0.25, -0.2) is 0 Å². The van der Waals surface area contributed by atoms with Gasteiger partial charge in [0.25, 0.3) is 5.89 Å². The number of hydrogen-bond donors (Lipinski definition) is 0. The topological polar surface area (TPSA) is 57.4 Å². The summed E-state index contributed by atoms with van der Waals surface area (Å²) >= 11 is 0. The second-order valence-electron chi connectivity index (χ2n) is 4.78. The highest BCUT2D eigenvalue weighted by molar-refractivity contribution is 5.68. The quantitative estimate of drug-likeness (QED) is 0.683. The first-order chi connectivity index (χ1) is 11.3. The van der Waals surface area contributed by atoms with Crippen LogP contribution in [0.5, 0.6) is 11.5 Å². The maximum atomic E-state index is 5.82. The zero-order chi connectivity index (χ0) is 16.1. The smallest absolute Gasteiger partial charge is 0.252 e. The summed E-state index contributed by atoms with van der Waals surface area (Å²) in [6.45, 7) is 4.94. The molecule has 5 heteroatoms. The Morgan fingerprint density at radius 3 is 2.30 bits per heavy atom. The molecule has 0 atom stereocenters. The van der Waals surface area contributed by atoms with E-state index in [4.69, 9.17) is 13.9 Å². The lowest BCUT2D eigenvalue weighted by molar-refractivity contribution is 0.288. The first kappa shape index (κ1) is 15.1. The average Bonchev–Trinajstić information content (AvgIpc) is 3.07. The maximum absolute atomic E-state index is 5.82. The molecule has 0 aliphatic heterocycles. The van der Waals surface area contributed by atoms with Crippen molar-refractivity contribution in [1.29, 1.82) is 0 Å². The van der Waals surface area contributed by atoms with E-state index < -0.39 is 0 Å². The molecule has 5 nitrogen and oxygen atoms in total. The van der Waals surface area contributed by atoms with Crippen molar-refractivity contribution in [1.82, 2.24) is 10.2 Å². The fourth-order valence-electron chi connectivity index (χ4n) is 2.28. The monoisotopic (exact) mass is 310 g/mol. The van der Waals surface area contributed by atoms with Crippen molar-refractivity contribution in [2.45, 2.75) is 13.8 Å². The van der Waals surface area contributed by atoms with Crippen LogP contribution >= 0.6 is 0 Å². The number of aromatic nitrogens is 2. The summed E-state index contributed by atoms with van der Waals surface area (Å²) < 4.78 is 17.2. The van der Waals surface area contributed by atoms with Crippen LogP contribution in [0.3, 0.4) is 0 Å². The van der Waals surface area contributed by atoms with Gasteiger partial charge in [-0.2, -0.15) is 0 Å². The summed E-state index contributed by atoms with van der Waals surface area (Å²) in [4.78, 5) is 0. The predicted octanol–water partition coefficient (Wildman–Crippen LogP) is 4.20. The van der Waals surface area contributed by atoms with Crippen LogP contribution in [0.2, 0.25) is 0 Å². The van der Waals surface area contributed by atoms with Gasteiger partial charge in [0.2, 0.25) is 5.89 Å². The van der Waals surface area contributed by atoms with Gasteiger partial charge in [-0.3, -0.25) is 0 Å². The largest absolute Gasteiger partial charge is 0.490 e. The number of rotatable bonds is 6. The molecule has 0 unspecified atom stereocenters. The Morgan fingerprint density at radius 2 is 1.57 bits per heavy atom. The first-order valence-electron chi connectivity index (χ1n) is 7.61. The minimum atomic E-state index is 0.411. The normalized spacial score (nSPS) is 10.5. The predicted molar refractivity (Wildman–Crippen MR) is 87.5 cm³/mol. The first-order valence-corrected chi connectivity index (χ1v) is 7.61. The third-order valence-corrected chi connectivity index (χ3v) is 3.24. The van der Waals surface area contributed by atoms with E-state index in [1.165, 1.54) is 0 Å². The Hall–Kier alpha value is -2.82. The molecule has 0 aliphatic carbocycles. The van der Waals surface area contributed by atoms with Crippen LogP contribution in [-0.4, -0.2) is 23.4 Å². The fraction of sp³-hybridized carbons (Fsp3) is 0.222. The Labute approximate surface area is 134 Å². The average molecular weight is 310 g/mol. The van der Waals surface area contributed by atoms with E-state index in [1.807, 2.05) is 62.4 Å². The summed E-state index contributed by atoms with van der Waals surface area (Å²) in [5.74, 6) is 2.19. The molecule has 0 saturated carbocycles. The number of hydrogen-bond acceptors (Lipinski definition) is 5. The van der Waals surface area contributed by atoms with Gasteiger partial charge in [0, 0.05) is 5.56 Å². The van der Waals surface area contributed by atoms with Gasteiger partial charge in [0.1, 0.15) is 0 Å². The van der Waals surface area contributed by atoms with Gasteiger partial charge in [-0.15, -0.1) is 10.2 Å². The fourth-order valence-corrected chi connectivity index (χ4v) is 2.28. The molecule has 0 aliphatic rings. The van der Waals surface area contributed by atoms with Crippen LogP contribution in [0.4, 0.5) is 0 Å². The van der Waals surface area contributed by atoms with Crippen molar-refractivity contribution >= 4 is 0 Å². The lowest BCUT2D eigenvalue weighted by Crippen LogP contribution is -2.00. The summed E-state index contributed by atoms with van der Waals surface area (Å²) in [5, 5.41) is 8.28. The maximum Gasteiger partial charge on any atom is 0.252 e. The van der Waals surface area contributed by atoms with E-state index in [2.05, 4.69) is 10.2 Å². The van der Waals surface area contributed by atoms with Crippen molar-refractivity contribution < 1.29 is 13.9 Å². The van der Waals surface area contributed by atoms with Gasteiger partial charge in [-0.05, 0) is 38.1 Å². The number of ether oxygens (including phenoxy) is 2. The molecular weight excluding hydrogens is 292 g/mol. The summed E-state index contributed by atoms with van der Waals surface area (Å²) in [7, 11) is 0. The van der Waals surface area contributed by atoms with E-state index in [0.29, 0.717) is 36.5 Å². The van der Waals surface area contributed by atoms with E-state index >= 15 is 0 Å². The Balaban J connectivity index is 2.02. The van der Waals surface area contributed by atoms with Crippen LogP contribution in [0.15, 0.2) is 52.9 Å². The highest BCUT2D eigenvalue weighted by Gasteiger charge is 2.18. The van der Waals surface area contributed by atoms with Crippen molar-refractivity contribution in [3.63, 3.8) is 0 Å². The summed E-state index contributed by atoms with van der Waals surface area (Å²) in [6.07, 6.45) is 0. The molecule has 2 aromatic carbocycles. The van der Waals surface area contributed by atoms with E-state index in [9.17, 15) is 0 Å². The second-order valence-corrected chi connectivity index (χ2v) is 4.78. The molecule has 23 heavy (non-hydrogen) atoms. The van der Waals surface area contributed by atoms with Crippen LogP contribution in [0.25, 0.3) is 22.9 Å². The van der Waals surface area contributed by atoms with E-state index in [1.54, 1.807) is 0 Å². The van der Waals surface area contributed by atoms with Crippen LogP contribution < -0.4 is 9.47 Å². The molecule has 1 heterocycles. The van der Waals surface area contributed by atoms with Gasteiger partial charge in [0.05, 0.1) is 18.8 Å². The van der Waals surface area contributed by atoms with Crippen LogP contribution in [0, 0.1) is 0 Å². The molecule has 0 spiro atoms. The van der Waals surface area contributed by atoms with E-state index in [0.717, 1.165) is 11.1 Å². The third kappa shape index (κ3) is 3.18. The number of nitrogens with zero attached hydrogens (tertiary/aromatic N) is 2. The molecule has 3 rings (SSSR count). The van der Waals surface area contributed by atoms with E-state index in [-0.39, 0.29) is 0 Å². The lowest BCUT2D eigenvalue weighted by atomic mass is 10.2. The van der Waals surface area contributed by atoms with Gasteiger partial charge >= 0.3 is 0 Å². The molecular formula is C18H18N2O3. The molecule has 0 bridgehead atoms. The third-order valence-electron chi connectivity index (χ3n) is 3.24. The zero-order valence-electron chi connectivity index (χ0n) is 13.2. The van der Waals surface area contributed by atoms with Crippen molar-refractivity contribution in [2.75, 3.05) is 13.2 Å². The molecule has 0 amide bonds. The van der Waals surface area contributed by atoms with Gasteiger partial charge in [0.15, 0.2) is 11.5 Å². The summed E-state index contributed by atoms with van der Waals surface area (Å²) in [5.41, 5.74) is 1.61. The highest BCUT2D eigenvalue weighted by Crippen LogP contribution is 2.38. The molecule has 0 saturated heterocycles. The highest BCUT2D eigenvalue weighted by atomic mass is 16.5. The van der Waals surface area contributed by atoms with Gasteiger partial charge < -0.3 is 13.9 Å². The van der Waals surface area contributed by atoms with Gasteiger partial charge in [-0.1, -0.05) is 24.3 Å². The van der Waals surface area contributed by atoms with Crippen molar-refractivity contribution in [2.24, 2.45) is 0 Å². The Kier molecular flexibility index (Phi) is 4.57. The molecule has 0 radical (unpaired) electrons. The minimum Gasteiger partial charge on any atom is -0.490 e. The molecule has 3 aromatic rings. The standard InChI is InChI=1S/C18H18N2O3/c1-3-21-15-12-8-11-14(16(15)22-4-2)18-20-19-17(23-18)13-9-6-5-7-10-13/h5-12H,3-4H2,1-2H3. The lowest BCUT2D eigenvalue weighted by Gasteiger charge is -2.13. The molecule has 118 valence electrons. The molecule has 0 N–H and O–H groups in total. The Bertz CT molecular complexity index is 769. The van der Waals surface area contributed by atoms with Crippen LogP contribution in [0.1, 0.15) is 13.8 Å².